The topological polar surface area (TPSA) is 59.3 Å². The predicted molar refractivity (Wildman–Crippen MR) is 96.0 cm³/mol. The average Bonchev–Trinajstić information content (AvgIpc) is 2.62. The zero-order valence-electron chi connectivity index (χ0n) is 14.9. The Morgan fingerprint density at radius 2 is 1.76 bits per heavy atom. The smallest absolute Gasteiger partial charge is 0.311 e. The number of carbonyl (C=O) groups is 1. The second kappa shape index (κ2) is 8.34. The lowest BCUT2D eigenvalue weighted by Gasteiger charge is -2.29. The van der Waals surface area contributed by atoms with Crippen molar-refractivity contribution in [3.05, 3.63) is 65.7 Å². The highest BCUT2D eigenvalue weighted by molar-refractivity contribution is 5.76. The largest absolute Gasteiger partial charge is 0.484 e. The maximum absolute atomic E-state index is 12.3. The second-order valence-corrected chi connectivity index (χ2v) is 6.43. The monoisotopic (exact) mass is 337 g/mol. The first-order valence-corrected chi connectivity index (χ1v) is 8.36. The minimum atomic E-state index is -0.710. The van der Waals surface area contributed by atoms with Gasteiger partial charge in [-0.1, -0.05) is 42.5 Å². The number of benzene rings is 2. The van der Waals surface area contributed by atoms with Gasteiger partial charge in [0.2, 0.25) is 0 Å². The van der Waals surface area contributed by atoms with Gasteiger partial charge in [0, 0.05) is 6.42 Å². The van der Waals surface area contributed by atoms with Crippen LogP contribution in [0.25, 0.3) is 0 Å². The number of carbonyl (C=O) groups excluding carboxylic acids is 1. The fraction of sp³-hybridized carbons (Fsp3) is 0.333. The first kappa shape index (κ1) is 18.5. The van der Waals surface area contributed by atoms with Crippen molar-refractivity contribution in [3.63, 3.8) is 0 Å². The molecule has 2 rings (SSSR count). The number of hydrogen-bond donors (Lipinski definition) is 0. The van der Waals surface area contributed by atoms with Crippen molar-refractivity contribution in [1.29, 1.82) is 5.26 Å². The summed E-state index contributed by atoms with van der Waals surface area (Å²) < 4.78 is 11.3. The lowest BCUT2D eigenvalue weighted by Crippen LogP contribution is -2.30. The summed E-state index contributed by atoms with van der Waals surface area (Å²) >= 11 is 0. The number of nitriles is 1. The molecule has 0 aliphatic rings. The Hall–Kier alpha value is -2.80. The Morgan fingerprint density at radius 3 is 2.40 bits per heavy atom. The van der Waals surface area contributed by atoms with Crippen molar-refractivity contribution >= 4 is 5.97 Å². The Bertz CT molecular complexity index is 747. The average molecular weight is 337 g/mol. The molecule has 0 saturated heterocycles. The molecular weight excluding hydrogens is 314 g/mol. The fourth-order valence-corrected chi connectivity index (χ4v) is 2.58. The highest BCUT2D eigenvalue weighted by Gasteiger charge is 2.34. The lowest BCUT2D eigenvalue weighted by molar-refractivity contribution is -0.155. The van der Waals surface area contributed by atoms with Gasteiger partial charge >= 0.3 is 5.97 Å². The molecule has 0 aromatic heterocycles. The van der Waals surface area contributed by atoms with Gasteiger partial charge in [-0.3, -0.25) is 4.79 Å². The van der Waals surface area contributed by atoms with Gasteiger partial charge in [0.15, 0.2) is 0 Å². The van der Waals surface area contributed by atoms with Gasteiger partial charge < -0.3 is 9.47 Å². The SMILES string of the molecule is CCOC(=O)C(C)(C)CC(Oc1ccccc1C#N)c1ccccc1. The standard InChI is InChI=1S/C21H23NO3/c1-4-24-20(23)21(2,3)14-19(16-10-6-5-7-11-16)25-18-13-9-8-12-17(18)15-22/h5-13,19H,4,14H2,1-3H3. The summed E-state index contributed by atoms with van der Waals surface area (Å²) in [5, 5.41) is 9.29. The van der Waals surface area contributed by atoms with Crippen LogP contribution < -0.4 is 4.74 Å². The molecule has 0 amide bonds. The lowest BCUT2D eigenvalue weighted by atomic mass is 9.84. The zero-order valence-corrected chi connectivity index (χ0v) is 14.9. The first-order chi connectivity index (χ1) is 12.0. The van der Waals surface area contributed by atoms with Gasteiger partial charge in [0.05, 0.1) is 17.6 Å². The molecule has 130 valence electrons. The molecule has 0 aliphatic carbocycles. The van der Waals surface area contributed by atoms with Crippen LogP contribution in [0, 0.1) is 16.7 Å². The van der Waals surface area contributed by atoms with Crippen LogP contribution in [0.5, 0.6) is 5.75 Å². The molecule has 25 heavy (non-hydrogen) atoms. The zero-order chi connectivity index (χ0) is 18.3. The molecule has 0 N–H and O–H groups in total. The van der Waals surface area contributed by atoms with Crippen LogP contribution in [0.15, 0.2) is 54.6 Å². The van der Waals surface area contributed by atoms with Gasteiger partial charge in [-0.15, -0.1) is 0 Å². The Morgan fingerprint density at radius 1 is 1.12 bits per heavy atom. The van der Waals surface area contributed by atoms with Crippen molar-refractivity contribution in [2.24, 2.45) is 5.41 Å². The van der Waals surface area contributed by atoms with E-state index in [4.69, 9.17) is 9.47 Å². The second-order valence-electron chi connectivity index (χ2n) is 6.43. The highest BCUT2D eigenvalue weighted by atomic mass is 16.5. The summed E-state index contributed by atoms with van der Waals surface area (Å²) in [4.78, 5) is 12.3. The van der Waals surface area contributed by atoms with E-state index in [-0.39, 0.29) is 12.1 Å². The van der Waals surface area contributed by atoms with E-state index in [1.807, 2.05) is 50.2 Å². The first-order valence-electron chi connectivity index (χ1n) is 8.36. The molecule has 0 saturated carbocycles. The normalized spacial score (nSPS) is 12.1. The predicted octanol–water partition coefficient (Wildman–Crippen LogP) is 4.66. The summed E-state index contributed by atoms with van der Waals surface area (Å²) in [7, 11) is 0. The van der Waals surface area contributed by atoms with E-state index in [2.05, 4.69) is 6.07 Å². The number of ether oxygens (including phenoxy) is 2. The van der Waals surface area contributed by atoms with Crippen LogP contribution in [0.4, 0.5) is 0 Å². The van der Waals surface area contributed by atoms with Crippen LogP contribution in [0.3, 0.4) is 0 Å². The maximum atomic E-state index is 12.3. The molecule has 4 nitrogen and oxygen atoms in total. The maximum Gasteiger partial charge on any atom is 0.311 e. The Balaban J connectivity index is 2.32. The molecule has 1 unspecified atom stereocenters. The summed E-state index contributed by atoms with van der Waals surface area (Å²) in [6.45, 7) is 5.83. The molecule has 0 aliphatic heterocycles. The number of rotatable bonds is 7. The van der Waals surface area contributed by atoms with Crippen LogP contribution in [0.1, 0.15) is 44.4 Å². The minimum Gasteiger partial charge on any atom is -0.484 e. The van der Waals surface area contributed by atoms with E-state index in [1.165, 1.54) is 0 Å². The van der Waals surface area contributed by atoms with Crippen molar-refractivity contribution < 1.29 is 14.3 Å². The molecule has 0 heterocycles. The van der Waals surface area contributed by atoms with Gasteiger partial charge in [0.1, 0.15) is 17.9 Å². The van der Waals surface area contributed by atoms with Gasteiger partial charge in [-0.05, 0) is 38.5 Å². The van der Waals surface area contributed by atoms with Crippen LogP contribution >= 0.6 is 0 Å². The van der Waals surface area contributed by atoms with E-state index in [0.29, 0.717) is 24.3 Å². The molecule has 0 bridgehead atoms. The van der Waals surface area contributed by atoms with Crippen molar-refractivity contribution in [2.45, 2.75) is 33.3 Å². The Labute approximate surface area is 149 Å². The number of para-hydroxylation sites is 1. The number of hydrogen-bond acceptors (Lipinski definition) is 4. The molecule has 2 aromatic rings. The summed E-state index contributed by atoms with van der Waals surface area (Å²) in [6, 6.07) is 19.0. The van der Waals surface area contributed by atoms with Crippen molar-refractivity contribution in [2.75, 3.05) is 6.61 Å². The molecule has 2 aromatic carbocycles. The van der Waals surface area contributed by atoms with Gasteiger partial charge in [-0.2, -0.15) is 5.26 Å². The molecule has 0 fully saturated rings. The van der Waals surface area contributed by atoms with E-state index in [9.17, 15) is 10.1 Å². The highest BCUT2D eigenvalue weighted by Crippen LogP contribution is 2.35. The summed E-state index contributed by atoms with van der Waals surface area (Å²) in [6.07, 6.45) is 0.0744. The molecule has 0 spiro atoms. The summed E-state index contributed by atoms with van der Waals surface area (Å²) in [5.41, 5.74) is 0.711. The van der Waals surface area contributed by atoms with E-state index in [0.717, 1.165) is 5.56 Å². The van der Waals surface area contributed by atoms with Crippen molar-refractivity contribution in [3.8, 4) is 11.8 Å². The number of esters is 1. The van der Waals surface area contributed by atoms with E-state index >= 15 is 0 Å². The molecule has 0 radical (unpaired) electrons. The van der Waals surface area contributed by atoms with E-state index in [1.54, 1.807) is 25.1 Å². The third-order valence-corrected chi connectivity index (χ3v) is 3.97. The van der Waals surface area contributed by atoms with Crippen LogP contribution in [-0.4, -0.2) is 12.6 Å². The minimum absolute atomic E-state index is 0.256. The molecular formula is C21H23NO3. The quantitative estimate of drug-likeness (QED) is 0.690. The van der Waals surface area contributed by atoms with Gasteiger partial charge in [-0.25, -0.2) is 0 Å². The van der Waals surface area contributed by atoms with Crippen molar-refractivity contribution in [1.82, 2.24) is 0 Å². The summed E-state index contributed by atoms with van der Waals surface area (Å²) in [5.74, 6) is 0.256. The fourth-order valence-electron chi connectivity index (χ4n) is 2.58. The van der Waals surface area contributed by atoms with Gasteiger partial charge in [0.25, 0.3) is 0 Å². The van der Waals surface area contributed by atoms with E-state index < -0.39 is 5.41 Å². The Kier molecular flexibility index (Phi) is 6.19. The molecule has 1 atom stereocenters. The third-order valence-electron chi connectivity index (χ3n) is 3.97. The molecule has 4 heteroatoms. The third kappa shape index (κ3) is 4.84. The van der Waals surface area contributed by atoms with Crippen LogP contribution in [0.2, 0.25) is 0 Å². The number of nitrogens with zero attached hydrogens (tertiary/aromatic N) is 1. The van der Waals surface area contributed by atoms with Crippen LogP contribution in [-0.2, 0) is 9.53 Å².